The Kier molecular flexibility index (Phi) is 8.68. The van der Waals surface area contributed by atoms with Gasteiger partial charge in [0.1, 0.15) is 5.75 Å². The molecule has 1 aliphatic rings. The van der Waals surface area contributed by atoms with Gasteiger partial charge in [-0.2, -0.15) is 13.5 Å². The van der Waals surface area contributed by atoms with E-state index in [0.29, 0.717) is 34.9 Å². The predicted molar refractivity (Wildman–Crippen MR) is 151 cm³/mol. The van der Waals surface area contributed by atoms with Gasteiger partial charge in [0.25, 0.3) is 5.92 Å². The Morgan fingerprint density at radius 3 is 2.36 bits per heavy atom. The van der Waals surface area contributed by atoms with Gasteiger partial charge in [-0.15, -0.1) is 0 Å². The third-order valence-corrected chi connectivity index (χ3v) is 9.04. The maximum absolute atomic E-state index is 16.1. The average molecular weight is 624 g/mol. The lowest BCUT2D eigenvalue weighted by Crippen LogP contribution is -2.58. The van der Waals surface area contributed by atoms with Crippen molar-refractivity contribution in [1.29, 1.82) is 0 Å². The maximum Gasteiger partial charge on any atom is 0.298 e. The van der Waals surface area contributed by atoms with Crippen LogP contribution in [-0.2, 0) is 20.7 Å². The van der Waals surface area contributed by atoms with Crippen LogP contribution in [0.2, 0.25) is 0 Å². The molecule has 4 rings (SSSR count). The van der Waals surface area contributed by atoms with Crippen molar-refractivity contribution in [2.75, 3.05) is 0 Å². The molecule has 0 bridgehead atoms. The summed E-state index contributed by atoms with van der Waals surface area (Å²) < 4.78 is 67.6. The molecule has 0 aliphatic carbocycles. The number of nitrogens with zero attached hydrogens (tertiary/aromatic N) is 1. The van der Waals surface area contributed by atoms with Crippen LogP contribution in [-0.4, -0.2) is 43.5 Å². The minimum atomic E-state index is -4.51. The molecule has 1 fully saturated rings. The second-order valence-electron chi connectivity index (χ2n) is 10.3. The van der Waals surface area contributed by atoms with Crippen molar-refractivity contribution in [1.82, 2.24) is 9.62 Å². The SMILES string of the molecule is CCC1CCC(C)N1C(=O)C(NS(=O)(=O)c1ccc2cc(OC(C)C)ccc2c1)C(F)(F)c1ccc(Br)cc1. The van der Waals surface area contributed by atoms with Crippen molar-refractivity contribution in [2.24, 2.45) is 0 Å². The second-order valence-corrected chi connectivity index (χ2v) is 12.9. The van der Waals surface area contributed by atoms with Gasteiger partial charge in [-0.3, -0.25) is 4.79 Å². The number of alkyl halides is 2. The summed E-state index contributed by atoms with van der Waals surface area (Å²) >= 11 is 3.23. The van der Waals surface area contributed by atoms with E-state index in [2.05, 4.69) is 20.7 Å². The minimum Gasteiger partial charge on any atom is -0.491 e. The first-order valence-corrected chi connectivity index (χ1v) is 15.3. The van der Waals surface area contributed by atoms with Crippen molar-refractivity contribution >= 4 is 42.6 Å². The number of ether oxygens (including phenoxy) is 1. The first-order valence-electron chi connectivity index (χ1n) is 13.0. The van der Waals surface area contributed by atoms with Gasteiger partial charge in [-0.05, 0) is 87.2 Å². The van der Waals surface area contributed by atoms with Crippen LogP contribution in [0.5, 0.6) is 5.75 Å². The maximum atomic E-state index is 16.1. The third-order valence-electron chi connectivity index (χ3n) is 7.09. The Balaban J connectivity index is 1.73. The standard InChI is InChI=1S/C29H33BrF2N2O4S/c1-5-24-13-6-19(4)34(24)28(35)27(29(31,32)22-9-11-23(30)12-10-22)33-39(36,37)26-15-8-20-16-25(38-18(2)3)14-7-21(20)17-26/h7-12,14-19,24,27,33H,5-6,13H2,1-4H3. The predicted octanol–water partition coefficient (Wildman–Crippen LogP) is 6.62. The molecular formula is C29H33BrF2N2O4S. The van der Waals surface area contributed by atoms with Crippen LogP contribution in [0.1, 0.15) is 52.5 Å². The van der Waals surface area contributed by atoms with Crippen LogP contribution in [0.25, 0.3) is 10.8 Å². The molecule has 3 aromatic carbocycles. The van der Waals surface area contributed by atoms with Crippen molar-refractivity contribution < 1.29 is 26.7 Å². The first kappa shape index (κ1) is 29.4. The number of sulfonamides is 1. The smallest absolute Gasteiger partial charge is 0.298 e. The molecule has 10 heteroatoms. The lowest BCUT2D eigenvalue weighted by atomic mass is 10.00. The van der Waals surface area contributed by atoms with E-state index < -0.39 is 33.5 Å². The van der Waals surface area contributed by atoms with Gasteiger partial charge >= 0.3 is 0 Å². The number of fused-ring (bicyclic) bond motifs is 1. The van der Waals surface area contributed by atoms with Crippen molar-refractivity contribution in [3.63, 3.8) is 0 Å². The molecule has 1 amide bonds. The van der Waals surface area contributed by atoms with Crippen LogP contribution < -0.4 is 9.46 Å². The van der Waals surface area contributed by atoms with Crippen molar-refractivity contribution in [3.8, 4) is 5.75 Å². The van der Waals surface area contributed by atoms with E-state index in [1.165, 1.54) is 41.3 Å². The van der Waals surface area contributed by atoms with Gasteiger partial charge < -0.3 is 9.64 Å². The highest BCUT2D eigenvalue weighted by Crippen LogP contribution is 2.37. The number of nitrogens with one attached hydrogen (secondary N) is 1. The molecule has 3 atom stereocenters. The number of carbonyl (C=O) groups is 1. The van der Waals surface area contributed by atoms with Crippen LogP contribution in [0.4, 0.5) is 8.78 Å². The zero-order chi connectivity index (χ0) is 28.5. The van der Waals surface area contributed by atoms with E-state index in [9.17, 15) is 13.2 Å². The number of benzene rings is 3. The van der Waals surface area contributed by atoms with E-state index in [4.69, 9.17) is 4.74 Å². The zero-order valence-electron chi connectivity index (χ0n) is 22.3. The molecular weight excluding hydrogens is 590 g/mol. The molecule has 1 heterocycles. The monoisotopic (exact) mass is 622 g/mol. The topological polar surface area (TPSA) is 75.7 Å². The highest BCUT2D eigenvalue weighted by molar-refractivity contribution is 9.10. The molecule has 0 radical (unpaired) electrons. The van der Waals surface area contributed by atoms with Gasteiger partial charge in [0.2, 0.25) is 15.9 Å². The number of carbonyl (C=O) groups excluding carboxylic acids is 1. The molecule has 6 nitrogen and oxygen atoms in total. The molecule has 1 N–H and O–H groups in total. The largest absolute Gasteiger partial charge is 0.491 e. The van der Waals surface area contributed by atoms with Crippen molar-refractivity contribution in [2.45, 2.75) is 82.0 Å². The summed E-state index contributed by atoms with van der Waals surface area (Å²) in [7, 11) is -4.51. The lowest BCUT2D eigenvalue weighted by Gasteiger charge is -2.35. The molecule has 3 aromatic rings. The molecule has 0 spiro atoms. The fourth-order valence-corrected chi connectivity index (χ4v) is 6.56. The molecule has 0 aromatic heterocycles. The fraction of sp³-hybridized carbons (Fsp3) is 0.414. The Morgan fingerprint density at radius 2 is 1.72 bits per heavy atom. The summed E-state index contributed by atoms with van der Waals surface area (Å²) in [6, 6.07) is 12.0. The Morgan fingerprint density at radius 1 is 1.08 bits per heavy atom. The molecule has 0 saturated carbocycles. The van der Waals surface area contributed by atoms with Crippen LogP contribution in [0, 0.1) is 0 Å². The quantitative estimate of drug-likeness (QED) is 0.291. The highest BCUT2D eigenvalue weighted by Gasteiger charge is 2.51. The molecule has 3 unspecified atom stereocenters. The van der Waals surface area contributed by atoms with Crippen molar-refractivity contribution in [3.05, 3.63) is 70.7 Å². The van der Waals surface area contributed by atoms with Gasteiger partial charge in [-0.25, -0.2) is 8.42 Å². The molecule has 1 aliphatic heterocycles. The normalized spacial score (nSPS) is 19.0. The van der Waals surface area contributed by atoms with E-state index >= 15 is 8.78 Å². The van der Waals surface area contributed by atoms with Gasteiger partial charge in [0, 0.05) is 22.1 Å². The summed E-state index contributed by atoms with van der Waals surface area (Å²) in [5, 5.41) is 1.33. The Bertz CT molecular complexity index is 1450. The Hall–Kier alpha value is -2.56. The first-order chi connectivity index (χ1) is 18.3. The summed E-state index contributed by atoms with van der Waals surface area (Å²) in [4.78, 5) is 15.0. The Labute approximate surface area is 236 Å². The van der Waals surface area contributed by atoms with Crippen LogP contribution in [0.15, 0.2) is 70.0 Å². The second kappa shape index (κ2) is 11.5. The third kappa shape index (κ3) is 6.28. The molecule has 39 heavy (non-hydrogen) atoms. The highest BCUT2D eigenvalue weighted by atomic mass is 79.9. The number of hydrogen-bond acceptors (Lipinski definition) is 4. The summed E-state index contributed by atoms with van der Waals surface area (Å²) in [5.41, 5.74) is -0.456. The molecule has 1 saturated heterocycles. The van der Waals surface area contributed by atoms with Gasteiger partial charge in [-0.1, -0.05) is 47.1 Å². The number of hydrogen-bond donors (Lipinski definition) is 1. The van der Waals surface area contributed by atoms with E-state index in [-0.39, 0.29) is 23.1 Å². The fourth-order valence-electron chi connectivity index (χ4n) is 5.07. The van der Waals surface area contributed by atoms with E-state index in [1.807, 2.05) is 20.8 Å². The average Bonchev–Trinajstić information content (AvgIpc) is 3.26. The van der Waals surface area contributed by atoms with E-state index in [1.54, 1.807) is 31.2 Å². The molecule has 210 valence electrons. The number of rotatable bonds is 9. The summed E-state index contributed by atoms with van der Waals surface area (Å²) in [6.45, 7) is 7.50. The number of halogens is 3. The number of amides is 1. The zero-order valence-corrected chi connectivity index (χ0v) is 24.7. The number of likely N-dealkylation sites (tertiary alicyclic amines) is 1. The summed E-state index contributed by atoms with van der Waals surface area (Å²) in [5.74, 6) is -4.11. The summed E-state index contributed by atoms with van der Waals surface area (Å²) in [6.07, 6.45) is 1.91. The van der Waals surface area contributed by atoms with Gasteiger partial charge in [0.05, 0.1) is 11.0 Å². The van der Waals surface area contributed by atoms with E-state index in [0.717, 1.165) is 5.39 Å². The van der Waals surface area contributed by atoms with Crippen LogP contribution in [0.3, 0.4) is 0 Å². The lowest BCUT2D eigenvalue weighted by molar-refractivity contribution is -0.147. The minimum absolute atomic E-state index is 0.0289. The van der Waals surface area contributed by atoms with Crippen LogP contribution >= 0.6 is 15.9 Å². The van der Waals surface area contributed by atoms with Gasteiger partial charge in [0.15, 0.2) is 6.04 Å².